The standard InChI is InChI=1S/C22H24O2/c1-5-9-17-11-12-18-16-21(23-13-7-3)19(10-6-2)15-20(18)22(17)24-14-8-4/h5-8,11-12,15-16H,1-4,9-10,13-14H2. The summed E-state index contributed by atoms with van der Waals surface area (Å²) in [6.45, 7) is 16.1. The summed E-state index contributed by atoms with van der Waals surface area (Å²) >= 11 is 0. The molecule has 0 aliphatic heterocycles. The molecule has 0 radical (unpaired) electrons. The van der Waals surface area contributed by atoms with Gasteiger partial charge in [-0.1, -0.05) is 49.6 Å². The Morgan fingerprint density at radius 3 is 2.08 bits per heavy atom. The van der Waals surface area contributed by atoms with Crippen molar-refractivity contribution in [2.75, 3.05) is 13.2 Å². The molecule has 2 rings (SSSR count). The van der Waals surface area contributed by atoms with Crippen molar-refractivity contribution in [3.8, 4) is 11.5 Å². The van der Waals surface area contributed by atoms with Crippen LogP contribution in [-0.2, 0) is 12.8 Å². The zero-order chi connectivity index (χ0) is 17.4. The van der Waals surface area contributed by atoms with Crippen LogP contribution in [0.15, 0.2) is 74.9 Å². The van der Waals surface area contributed by atoms with Crippen molar-refractivity contribution < 1.29 is 9.47 Å². The van der Waals surface area contributed by atoms with Gasteiger partial charge in [0.25, 0.3) is 0 Å². The van der Waals surface area contributed by atoms with Crippen LogP contribution < -0.4 is 9.47 Å². The molecule has 0 spiro atoms. The van der Waals surface area contributed by atoms with Gasteiger partial charge in [-0.2, -0.15) is 0 Å². The zero-order valence-electron chi connectivity index (χ0n) is 14.1. The lowest BCUT2D eigenvalue weighted by Gasteiger charge is -2.16. The second kappa shape index (κ2) is 8.78. The van der Waals surface area contributed by atoms with E-state index in [1.54, 1.807) is 12.2 Å². The zero-order valence-corrected chi connectivity index (χ0v) is 14.1. The van der Waals surface area contributed by atoms with Crippen molar-refractivity contribution in [1.29, 1.82) is 0 Å². The van der Waals surface area contributed by atoms with Gasteiger partial charge < -0.3 is 9.47 Å². The molecule has 0 aliphatic carbocycles. The highest BCUT2D eigenvalue weighted by molar-refractivity contribution is 5.91. The Hall–Kier alpha value is -2.74. The molecule has 0 amide bonds. The highest BCUT2D eigenvalue weighted by Gasteiger charge is 2.12. The van der Waals surface area contributed by atoms with Crippen molar-refractivity contribution in [2.45, 2.75) is 12.8 Å². The summed E-state index contributed by atoms with van der Waals surface area (Å²) in [5.41, 5.74) is 2.20. The van der Waals surface area contributed by atoms with Crippen LogP contribution in [0, 0.1) is 0 Å². The van der Waals surface area contributed by atoms with Gasteiger partial charge in [0.15, 0.2) is 0 Å². The Morgan fingerprint density at radius 2 is 1.42 bits per heavy atom. The first-order chi connectivity index (χ1) is 11.7. The van der Waals surface area contributed by atoms with Gasteiger partial charge in [0.2, 0.25) is 0 Å². The van der Waals surface area contributed by atoms with E-state index in [1.807, 2.05) is 12.2 Å². The van der Waals surface area contributed by atoms with E-state index in [2.05, 4.69) is 50.6 Å². The summed E-state index contributed by atoms with van der Waals surface area (Å²) in [5, 5.41) is 2.15. The molecule has 0 bridgehead atoms. The van der Waals surface area contributed by atoms with Crippen molar-refractivity contribution in [1.82, 2.24) is 0 Å². The van der Waals surface area contributed by atoms with Crippen molar-refractivity contribution in [3.63, 3.8) is 0 Å². The minimum absolute atomic E-state index is 0.467. The minimum atomic E-state index is 0.467. The molecule has 0 aromatic heterocycles. The topological polar surface area (TPSA) is 18.5 Å². The number of hydrogen-bond donors (Lipinski definition) is 0. The molecule has 0 heterocycles. The van der Waals surface area contributed by atoms with Crippen LogP contribution in [0.5, 0.6) is 11.5 Å². The minimum Gasteiger partial charge on any atom is -0.489 e. The Labute approximate surface area is 144 Å². The summed E-state index contributed by atoms with van der Waals surface area (Å²) in [6.07, 6.45) is 8.74. The third kappa shape index (κ3) is 3.96. The molecule has 2 aromatic rings. The summed E-state index contributed by atoms with van der Waals surface area (Å²) in [7, 11) is 0. The number of allylic oxidation sites excluding steroid dienone is 2. The van der Waals surface area contributed by atoms with Crippen LogP contribution in [0.4, 0.5) is 0 Å². The van der Waals surface area contributed by atoms with E-state index >= 15 is 0 Å². The SMILES string of the molecule is C=CCOc1cc2ccc(CC=C)c(OCC=C)c2cc1CC=C. The summed E-state index contributed by atoms with van der Waals surface area (Å²) in [6, 6.07) is 8.34. The third-order valence-corrected chi connectivity index (χ3v) is 3.66. The Bertz CT molecular complexity index is 756. The van der Waals surface area contributed by atoms with Crippen LogP contribution in [0.25, 0.3) is 10.8 Å². The largest absolute Gasteiger partial charge is 0.489 e. The lowest BCUT2D eigenvalue weighted by molar-refractivity contribution is 0.359. The van der Waals surface area contributed by atoms with E-state index < -0.39 is 0 Å². The molecular formula is C22H24O2. The molecule has 2 aromatic carbocycles. The predicted molar refractivity (Wildman–Crippen MR) is 103 cm³/mol. The molecule has 0 atom stereocenters. The molecular weight excluding hydrogens is 296 g/mol. The Kier molecular flexibility index (Phi) is 6.44. The average molecular weight is 320 g/mol. The first-order valence-corrected chi connectivity index (χ1v) is 8.02. The monoisotopic (exact) mass is 320 g/mol. The fraction of sp³-hybridized carbons (Fsp3) is 0.182. The maximum Gasteiger partial charge on any atom is 0.131 e. The number of rotatable bonds is 10. The van der Waals surface area contributed by atoms with Crippen LogP contribution in [-0.4, -0.2) is 13.2 Å². The van der Waals surface area contributed by atoms with Crippen LogP contribution in [0.1, 0.15) is 11.1 Å². The van der Waals surface area contributed by atoms with E-state index in [-0.39, 0.29) is 0 Å². The third-order valence-electron chi connectivity index (χ3n) is 3.66. The smallest absolute Gasteiger partial charge is 0.131 e. The molecule has 0 N–H and O–H groups in total. The molecule has 2 heteroatoms. The van der Waals surface area contributed by atoms with Gasteiger partial charge in [-0.05, 0) is 41.5 Å². The highest BCUT2D eigenvalue weighted by atomic mass is 16.5. The summed E-state index contributed by atoms with van der Waals surface area (Å²) in [4.78, 5) is 0. The maximum atomic E-state index is 5.96. The first kappa shape index (κ1) is 17.6. The number of ether oxygens (including phenoxy) is 2. The van der Waals surface area contributed by atoms with Gasteiger partial charge in [0.1, 0.15) is 24.7 Å². The second-order valence-corrected chi connectivity index (χ2v) is 5.42. The number of hydrogen-bond acceptors (Lipinski definition) is 2. The van der Waals surface area contributed by atoms with E-state index in [9.17, 15) is 0 Å². The molecule has 0 saturated heterocycles. The lowest BCUT2D eigenvalue weighted by atomic mass is 9.99. The van der Waals surface area contributed by atoms with Crippen LogP contribution >= 0.6 is 0 Å². The van der Waals surface area contributed by atoms with Gasteiger partial charge in [0.05, 0.1) is 0 Å². The number of benzene rings is 2. The normalized spacial score (nSPS) is 10.2. The van der Waals surface area contributed by atoms with E-state index in [4.69, 9.17) is 9.47 Å². The van der Waals surface area contributed by atoms with Gasteiger partial charge >= 0.3 is 0 Å². The molecule has 0 saturated carbocycles. The van der Waals surface area contributed by atoms with Gasteiger partial charge in [0, 0.05) is 5.39 Å². The molecule has 2 nitrogen and oxygen atoms in total. The predicted octanol–water partition coefficient (Wildman–Crippen LogP) is 5.43. The molecule has 0 aliphatic rings. The molecule has 124 valence electrons. The maximum absolute atomic E-state index is 5.96. The van der Waals surface area contributed by atoms with Crippen molar-refractivity contribution in [3.05, 3.63) is 86.0 Å². The fourth-order valence-corrected chi connectivity index (χ4v) is 2.64. The van der Waals surface area contributed by atoms with Gasteiger partial charge in [-0.25, -0.2) is 0 Å². The van der Waals surface area contributed by atoms with Crippen LogP contribution in [0.3, 0.4) is 0 Å². The van der Waals surface area contributed by atoms with Crippen molar-refractivity contribution in [2.24, 2.45) is 0 Å². The highest BCUT2D eigenvalue weighted by Crippen LogP contribution is 2.35. The second-order valence-electron chi connectivity index (χ2n) is 5.42. The molecule has 0 unspecified atom stereocenters. The molecule has 24 heavy (non-hydrogen) atoms. The average Bonchev–Trinajstić information content (AvgIpc) is 2.59. The fourth-order valence-electron chi connectivity index (χ4n) is 2.64. The summed E-state index contributed by atoms with van der Waals surface area (Å²) in [5.74, 6) is 1.74. The number of fused-ring (bicyclic) bond motifs is 1. The van der Waals surface area contributed by atoms with E-state index in [0.29, 0.717) is 13.2 Å². The Morgan fingerprint density at radius 1 is 0.750 bits per heavy atom. The molecule has 0 fully saturated rings. The first-order valence-electron chi connectivity index (χ1n) is 8.02. The van der Waals surface area contributed by atoms with Crippen molar-refractivity contribution >= 4 is 10.8 Å². The van der Waals surface area contributed by atoms with Gasteiger partial charge in [-0.15, -0.1) is 13.2 Å². The quantitative estimate of drug-likeness (QED) is 0.544. The Balaban J connectivity index is 2.63. The lowest BCUT2D eigenvalue weighted by Crippen LogP contribution is -2.01. The summed E-state index contributed by atoms with van der Waals surface area (Å²) < 4.78 is 11.8. The van der Waals surface area contributed by atoms with E-state index in [1.165, 1.54) is 0 Å². The van der Waals surface area contributed by atoms with E-state index in [0.717, 1.165) is 46.2 Å². The van der Waals surface area contributed by atoms with Gasteiger partial charge in [-0.3, -0.25) is 0 Å². The van der Waals surface area contributed by atoms with Crippen LogP contribution in [0.2, 0.25) is 0 Å².